The Labute approximate surface area is 126 Å². The molecule has 0 aliphatic rings. The van der Waals surface area contributed by atoms with Crippen LogP contribution in [0.2, 0.25) is 0 Å². The van der Waals surface area contributed by atoms with Gasteiger partial charge in [-0.15, -0.1) is 0 Å². The second kappa shape index (κ2) is 6.74. The van der Waals surface area contributed by atoms with Crippen LogP contribution in [0, 0.1) is 5.92 Å². The van der Waals surface area contributed by atoms with E-state index in [0.717, 1.165) is 5.69 Å². The standard InChI is InChI=1S/C17H25NO3/c1-12(2)16(21)18(11-10-15(19)20)14-8-6-13(7-9-14)17(3,4)5/h6-9,12H,10-11H2,1-5H3,(H,19,20). The van der Waals surface area contributed by atoms with Crippen molar-refractivity contribution in [3.05, 3.63) is 29.8 Å². The molecule has 1 aromatic carbocycles. The molecule has 1 rings (SSSR count). The Bertz CT molecular complexity index is 498. The fraction of sp³-hybridized carbons (Fsp3) is 0.529. The van der Waals surface area contributed by atoms with Crippen molar-refractivity contribution in [2.45, 2.75) is 46.5 Å². The first-order chi connectivity index (χ1) is 9.62. The van der Waals surface area contributed by atoms with Crippen molar-refractivity contribution in [1.29, 1.82) is 0 Å². The highest BCUT2D eigenvalue weighted by molar-refractivity contribution is 5.95. The summed E-state index contributed by atoms with van der Waals surface area (Å²) in [6.07, 6.45) is -0.0561. The molecule has 0 saturated carbocycles. The van der Waals surface area contributed by atoms with E-state index in [1.165, 1.54) is 5.56 Å². The fourth-order valence-electron chi connectivity index (χ4n) is 2.03. The first-order valence-corrected chi connectivity index (χ1v) is 7.26. The molecular weight excluding hydrogens is 266 g/mol. The number of aliphatic carboxylic acids is 1. The molecule has 0 spiro atoms. The van der Waals surface area contributed by atoms with Crippen LogP contribution in [0.15, 0.2) is 24.3 Å². The quantitative estimate of drug-likeness (QED) is 0.904. The van der Waals surface area contributed by atoms with Crippen molar-refractivity contribution in [1.82, 2.24) is 0 Å². The number of benzene rings is 1. The Kier molecular flexibility index (Phi) is 5.53. The molecule has 1 amide bonds. The zero-order valence-electron chi connectivity index (χ0n) is 13.5. The van der Waals surface area contributed by atoms with Gasteiger partial charge in [0.1, 0.15) is 0 Å². The van der Waals surface area contributed by atoms with Gasteiger partial charge < -0.3 is 10.0 Å². The monoisotopic (exact) mass is 291 g/mol. The third-order valence-corrected chi connectivity index (χ3v) is 3.35. The second-order valence-corrected chi connectivity index (χ2v) is 6.59. The number of nitrogens with zero attached hydrogens (tertiary/aromatic N) is 1. The number of carbonyl (C=O) groups excluding carboxylic acids is 1. The molecule has 0 aromatic heterocycles. The zero-order chi connectivity index (χ0) is 16.2. The molecule has 21 heavy (non-hydrogen) atoms. The van der Waals surface area contributed by atoms with Crippen LogP contribution in [0.1, 0.15) is 46.6 Å². The average molecular weight is 291 g/mol. The van der Waals surface area contributed by atoms with E-state index in [0.29, 0.717) is 0 Å². The lowest BCUT2D eigenvalue weighted by molar-refractivity contribution is -0.136. The van der Waals surface area contributed by atoms with Crippen molar-refractivity contribution in [2.75, 3.05) is 11.4 Å². The van der Waals surface area contributed by atoms with Gasteiger partial charge in [0, 0.05) is 18.2 Å². The summed E-state index contributed by atoms with van der Waals surface area (Å²) in [6.45, 7) is 10.2. The molecule has 0 saturated heterocycles. The average Bonchev–Trinajstić information content (AvgIpc) is 2.37. The third kappa shape index (κ3) is 4.88. The van der Waals surface area contributed by atoms with E-state index in [1.807, 2.05) is 38.1 Å². The molecule has 0 unspecified atom stereocenters. The van der Waals surface area contributed by atoms with Crippen LogP contribution in [0.5, 0.6) is 0 Å². The van der Waals surface area contributed by atoms with E-state index < -0.39 is 5.97 Å². The molecular formula is C17H25NO3. The lowest BCUT2D eigenvalue weighted by atomic mass is 9.87. The van der Waals surface area contributed by atoms with E-state index in [2.05, 4.69) is 20.8 Å². The van der Waals surface area contributed by atoms with Crippen molar-refractivity contribution < 1.29 is 14.7 Å². The fourth-order valence-corrected chi connectivity index (χ4v) is 2.03. The van der Waals surface area contributed by atoms with E-state index in [9.17, 15) is 9.59 Å². The number of carbonyl (C=O) groups is 2. The van der Waals surface area contributed by atoms with Gasteiger partial charge in [0.15, 0.2) is 0 Å². The van der Waals surface area contributed by atoms with Crippen LogP contribution in [0.25, 0.3) is 0 Å². The van der Waals surface area contributed by atoms with Gasteiger partial charge in [0.25, 0.3) is 0 Å². The van der Waals surface area contributed by atoms with Gasteiger partial charge in [-0.05, 0) is 23.1 Å². The summed E-state index contributed by atoms with van der Waals surface area (Å²) in [5.74, 6) is -1.12. The minimum atomic E-state index is -0.900. The topological polar surface area (TPSA) is 57.6 Å². The van der Waals surface area contributed by atoms with Crippen LogP contribution in [-0.2, 0) is 15.0 Å². The van der Waals surface area contributed by atoms with E-state index >= 15 is 0 Å². The number of hydrogen-bond acceptors (Lipinski definition) is 2. The summed E-state index contributed by atoms with van der Waals surface area (Å²) >= 11 is 0. The second-order valence-electron chi connectivity index (χ2n) is 6.59. The Hall–Kier alpha value is -1.84. The maximum Gasteiger partial charge on any atom is 0.305 e. The lowest BCUT2D eigenvalue weighted by Crippen LogP contribution is -2.36. The molecule has 0 bridgehead atoms. The summed E-state index contributed by atoms with van der Waals surface area (Å²) in [5.41, 5.74) is 1.98. The number of carboxylic acids is 1. The Morgan fingerprint density at radius 2 is 1.67 bits per heavy atom. The summed E-state index contributed by atoms with van der Waals surface area (Å²) in [6, 6.07) is 7.78. The summed E-state index contributed by atoms with van der Waals surface area (Å²) in [5, 5.41) is 8.84. The molecule has 4 heteroatoms. The molecule has 0 aliphatic carbocycles. The van der Waals surface area contributed by atoms with E-state index in [-0.39, 0.29) is 30.2 Å². The van der Waals surface area contributed by atoms with Crippen LogP contribution in [0.4, 0.5) is 5.69 Å². The number of carboxylic acid groups (broad SMARTS) is 1. The highest BCUT2D eigenvalue weighted by Gasteiger charge is 2.20. The smallest absolute Gasteiger partial charge is 0.305 e. The molecule has 0 atom stereocenters. The molecule has 1 N–H and O–H groups in total. The van der Waals surface area contributed by atoms with Gasteiger partial charge in [-0.1, -0.05) is 46.8 Å². The van der Waals surface area contributed by atoms with E-state index in [1.54, 1.807) is 4.90 Å². The molecule has 116 valence electrons. The van der Waals surface area contributed by atoms with Crippen molar-refractivity contribution in [2.24, 2.45) is 5.92 Å². The molecule has 0 radical (unpaired) electrons. The minimum Gasteiger partial charge on any atom is -0.481 e. The number of hydrogen-bond donors (Lipinski definition) is 1. The normalized spacial score (nSPS) is 11.5. The maximum atomic E-state index is 12.3. The highest BCUT2D eigenvalue weighted by Crippen LogP contribution is 2.25. The predicted molar refractivity (Wildman–Crippen MR) is 84.6 cm³/mol. The van der Waals surface area contributed by atoms with Crippen molar-refractivity contribution in [3.8, 4) is 0 Å². The molecule has 0 aliphatic heterocycles. The molecule has 4 nitrogen and oxygen atoms in total. The molecule has 0 heterocycles. The lowest BCUT2D eigenvalue weighted by Gasteiger charge is -2.26. The van der Waals surface area contributed by atoms with Crippen molar-refractivity contribution >= 4 is 17.6 Å². The summed E-state index contributed by atoms with van der Waals surface area (Å²) < 4.78 is 0. The van der Waals surface area contributed by atoms with Gasteiger partial charge in [0.2, 0.25) is 5.91 Å². The minimum absolute atomic E-state index is 0.0481. The third-order valence-electron chi connectivity index (χ3n) is 3.35. The van der Waals surface area contributed by atoms with Gasteiger partial charge >= 0.3 is 5.97 Å². The maximum absolute atomic E-state index is 12.3. The number of anilines is 1. The van der Waals surface area contributed by atoms with Gasteiger partial charge in [-0.2, -0.15) is 0 Å². The van der Waals surface area contributed by atoms with Crippen LogP contribution in [0.3, 0.4) is 0 Å². The SMILES string of the molecule is CC(C)C(=O)N(CCC(=O)O)c1ccc(C(C)(C)C)cc1. The molecule has 1 aromatic rings. The van der Waals surface area contributed by atoms with Gasteiger partial charge in [-0.25, -0.2) is 0 Å². The first kappa shape index (κ1) is 17.2. The number of amides is 1. The Morgan fingerprint density at radius 3 is 2.05 bits per heavy atom. The van der Waals surface area contributed by atoms with Crippen LogP contribution < -0.4 is 4.90 Å². The largest absolute Gasteiger partial charge is 0.481 e. The highest BCUT2D eigenvalue weighted by atomic mass is 16.4. The zero-order valence-corrected chi connectivity index (χ0v) is 13.5. The van der Waals surface area contributed by atoms with Crippen LogP contribution >= 0.6 is 0 Å². The van der Waals surface area contributed by atoms with Crippen molar-refractivity contribution in [3.63, 3.8) is 0 Å². The number of rotatable bonds is 5. The van der Waals surface area contributed by atoms with E-state index in [4.69, 9.17) is 5.11 Å². The Morgan fingerprint density at radius 1 is 1.14 bits per heavy atom. The van der Waals surface area contributed by atoms with Gasteiger partial charge in [-0.3, -0.25) is 9.59 Å². The van der Waals surface area contributed by atoms with Gasteiger partial charge in [0.05, 0.1) is 6.42 Å². The van der Waals surface area contributed by atoms with Crippen LogP contribution in [-0.4, -0.2) is 23.5 Å². The summed E-state index contributed by atoms with van der Waals surface area (Å²) in [4.78, 5) is 24.6. The Balaban J connectivity index is 3.02. The summed E-state index contributed by atoms with van der Waals surface area (Å²) in [7, 11) is 0. The molecule has 0 fully saturated rings. The predicted octanol–water partition coefficient (Wildman–Crippen LogP) is 3.45. The first-order valence-electron chi connectivity index (χ1n) is 7.26.